The molecule has 1 aliphatic carbocycles. The van der Waals surface area contributed by atoms with Gasteiger partial charge in [-0.15, -0.1) is 0 Å². The van der Waals surface area contributed by atoms with Gasteiger partial charge in [0.05, 0.1) is 11.8 Å². The van der Waals surface area contributed by atoms with E-state index in [1.807, 2.05) is 13.2 Å². The van der Waals surface area contributed by atoms with Crippen LogP contribution in [0.1, 0.15) is 56.3 Å². The molecule has 0 N–H and O–H groups in total. The molecule has 3 atom stereocenters. The first-order valence-electron chi connectivity index (χ1n) is 7.16. The van der Waals surface area contributed by atoms with E-state index in [0.29, 0.717) is 17.6 Å². The summed E-state index contributed by atoms with van der Waals surface area (Å²) >= 11 is 0. The summed E-state index contributed by atoms with van der Waals surface area (Å²) in [4.78, 5) is 12.6. The zero-order valence-electron chi connectivity index (χ0n) is 11.7. The van der Waals surface area contributed by atoms with Gasteiger partial charge in [-0.2, -0.15) is 5.10 Å². The minimum atomic E-state index is 0.220. The summed E-state index contributed by atoms with van der Waals surface area (Å²) in [7, 11) is 1.86. The summed E-state index contributed by atoms with van der Waals surface area (Å²) in [5.41, 5.74) is 0.790. The van der Waals surface area contributed by atoms with Gasteiger partial charge in [-0.3, -0.25) is 9.48 Å². The molecule has 0 aliphatic heterocycles. The maximum absolute atomic E-state index is 12.6. The predicted octanol–water partition coefficient (Wildman–Crippen LogP) is 3.46. The molecule has 18 heavy (non-hydrogen) atoms. The van der Waals surface area contributed by atoms with Crippen molar-refractivity contribution in [3.05, 3.63) is 18.0 Å². The Balaban J connectivity index is 2.15. The molecular formula is C15H24N2O. The molecule has 1 heterocycles. The van der Waals surface area contributed by atoms with Gasteiger partial charge < -0.3 is 0 Å². The molecule has 0 spiro atoms. The number of hydrogen-bond acceptors (Lipinski definition) is 2. The lowest BCUT2D eigenvalue weighted by Gasteiger charge is -2.34. The number of hydrogen-bond donors (Lipinski definition) is 0. The maximum Gasteiger partial charge on any atom is 0.169 e. The molecule has 0 amide bonds. The fraction of sp³-hybridized carbons (Fsp3) is 0.733. The van der Waals surface area contributed by atoms with E-state index in [9.17, 15) is 4.79 Å². The molecule has 3 heteroatoms. The van der Waals surface area contributed by atoms with Gasteiger partial charge in [0.15, 0.2) is 5.78 Å². The van der Waals surface area contributed by atoms with Crippen LogP contribution in [0.5, 0.6) is 0 Å². The first-order valence-corrected chi connectivity index (χ1v) is 7.16. The molecule has 1 aliphatic rings. The summed E-state index contributed by atoms with van der Waals surface area (Å²) in [5, 5.41) is 4.12. The summed E-state index contributed by atoms with van der Waals surface area (Å²) in [5.74, 6) is 1.75. The van der Waals surface area contributed by atoms with Crippen molar-refractivity contribution in [1.82, 2.24) is 9.78 Å². The molecule has 0 saturated heterocycles. The highest BCUT2D eigenvalue weighted by Gasteiger charge is 2.34. The second kappa shape index (κ2) is 5.68. The Kier molecular flexibility index (Phi) is 4.20. The monoisotopic (exact) mass is 248 g/mol. The van der Waals surface area contributed by atoms with Gasteiger partial charge in [0.1, 0.15) is 0 Å². The molecule has 0 aromatic carbocycles. The number of carbonyl (C=O) groups excluding carboxylic acids is 1. The van der Waals surface area contributed by atoms with Gasteiger partial charge in [-0.1, -0.05) is 33.1 Å². The van der Waals surface area contributed by atoms with Crippen molar-refractivity contribution in [2.75, 3.05) is 0 Å². The third-order valence-corrected chi connectivity index (χ3v) is 4.52. The first kappa shape index (κ1) is 13.3. The average molecular weight is 248 g/mol. The Bertz CT molecular complexity index is 410. The minimum Gasteiger partial charge on any atom is -0.294 e. The second-order valence-electron chi connectivity index (χ2n) is 5.71. The molecule has 1 fully saturated rings. The average Bonchev–Trinajstić information content (AvgIpc) is 2.83. The summed E-state index contributed by atoms with van der Waals surface area (Å²) < 4.78 is 1.72. The van der Waals surface area contributed by atoms with Gasteiger partial charge in [0.25, 0.3) is 0 Å². The second-order valence-corrected chi connectivity index (χ2v) is 5.71. The highest BCUT2D eigenvalue weighted by Crippen LogP contribution is 2.38. The Labute approximate surface area is 110 Å². The molecule has 100 valence electrons. The third kappa shape index (κ3) is 2.65. The predicted molar refractivity (Wildman–Crippen MR) is 72.4 cm³/mol. The maximum atomic E-state index is 12.6. The zero-order chi connectivity index (χ0) is 13.1. The number of ketones is 1. The normalized spacial score (nSPS) is 25.9. The molecule has 1 saturated carbocycles. The van der Waals surface area contributed by atoms with E-state index < -0.39 is 0 Å². The van der Waals surface area contributed by atoms with Crippen LogP contribution in [0.2, 0.25) is 0 Å². The van der Waals surface area contributed by atoms with Crippen LogP contribution in [0.4, 0.5) is 0 Å². The quantitative estimate of drug-likeness (QED) is 0.765. The third-order valence-electron chi connectivity index (χ3n) is 4.52. The lowest BCUT2D eigenvalue weighted by molar-refractivity contribution is 0.0763. The molecule has 0 radical (unpaired) electrons. The largest absolute Gasteiger partial charge is 0.294 e. The molecular weight excluding hydrogens is 224 g/mol. The van der Waals surface area contributed by atoms with Crippen LogP contribution in [0, 0.1) is 17.8 Å². The molecule has 1 aromatic rings. The van der Waals surface area contributed by atoms with E-state index in [4.69, 9.17) is 0 Å². The van der Waals surface area contributed by atoms with Crippen LogP contribution >= 0.6 is 0 Å². The number of nitrogens with zero attached hydrogens (tertiary/aromatic N) is 2. The topological polar surface area (TPSA) is 34.9 Å². The van der Waals surface area contributed by atoms with Crippen molar-refractivity contribution in [2.24, 2.45) is 24.8 Å². The number of carbonyl (C=O) groups is 1. The Hall–Kier alpha value is -1.12. The van der Waals surface area contributed by atoms with Crippen molar-refractivity contribution in [2.45, 2.75) is 46.0 Å². The van der Waals surface area contributed by atoms with Crippen molar-refractivity contribution < 1.29 is 4.79 Å². The highest BCUT2D eigenvalue weighted by molar-refractivity contribution is 5.97. The molecule has 1 aromatic heterocycles. The number of aryl methyl sites for hydroxylation is 1. The molecule has 3 nitrogen and oxygen atoms in total. The van der Waals surface area contributed by atoms with Crippen molar-refractivity contribution >= 4 is 5.78 Å². The summed E-state index contributed by atoms with van der Waals surface area (Å²) in [6.45, 7) is 4.52. The standard InChI is InChI=1S/C15H24N2O/c1-4-11(2)13-7-5-6-8-14(13)15(18)12-9-16-17(3)10-12/h9-11,13-14H,4-8H2,1-3H3. The van der Waals surface area contributed by atoms with E-state index in [-0.39, 0.29) is 5.92 Å². The van der Waals surface area contributed by atoms with Gasteiger partial charge in [0.2, 0.25) is 0 Å². The fourth-order valence-electron chi connectivity index (χ4n) is 3.23. The van der Waals surface area contributed by atoms with Gasteiger partial charge in [-0.05, 0) is 24.7 Å². The molecule has 2 rings (SSSR count). The highest BCUT2D eigenvalue weighted by atomic mass is 16.1. The van der Waals surface area contributed by atoms with Gasteiger partial charge in [0, 0.05) is 19.2 Å². The van der Waals surface area contributed by atoms with Crippen molar-refractivity contribution in [3.63, 3.8) is 0 Å². The van der Waals surface area contributed by atoms with Gasteiger partial charge in [-0.25, -0.2) is 0 Å². The van der Waals surface area contributed by atoms with Crippen molar-refractivity contribution in [3.8, 4) is 0 Å². The van der Waals surface area contributed by atoms with Crippen LogP contribution in [-0.4, -0.2) is 15.6 Å². The number of Topliss-reactive ketones (excluding diaryl/α,β-unsaturated/α-hetero) is 1. The number of aromatic nitrogens is 2. The Morgan fingerprint density at radius 2 is 2.22 bits per heavy atom. The van der Waals surface area contributed by atoms with Gasteiger partial charge >= 0.3 is 0 Å². The lowest BCUT2D eigenvalue weighted by atomic mass is 9.70. The fourth-order valence-corrected chi connectivity index (χ4v) is 3.23. The lowest BCUT2D eigenvalue weighted by Crippen LogP contribution is -2.31. The van der Waals surface area contributed by atoms with Crippen LogP contribution in [0.15, 0.2) is 12.4 Å². The van der Waals surface area contributed by atoms with E-state index in [1.54, 1.807) is 10.9 Å². The van der Waals surface area contributed by atoms with Crippen LogP contribution in [0.25, 0.3) is 0 Å². The van der Waals surface area contributed by atoms with Crippen LogP contribution in [-0.2, 0) is 7.05 Å². The van der Waals surface area contributed by atoms with E-state index >= 15 is 0 Å². The van der Waals surface area contributed by atoms with E-state index in [2.05, 4.69) is 18.9 Å². The van der Waals surface area contributed by atoms with Crippen LogP contribution in [0.3, 0.4) is 0 Å². The number of rotatable bonds is 4. The van der Waals surface area contributed by atoms with E-state index in [0.717, 1.165) is 12.0 Å². The molecule has 0 bridgehead atoms. The Morgan fingerprint density at radius 1 is 1.50 bits per heavy atom. The summed E-state index contributed by atoms with van der Waals surface area (Å²) in [6.07, 6.45) is 9.49. The first-order chi connectivity index (χ1) is 8.63. The SMILES string of the molecule is CCC(C)C1CCCCC1C(=O)c1cnn(C)c1. The van der Waals surface area contributed by atoms with E-state index in [1.165, 1.54) is 25.7 Å². The smallest absolute Gasteiger partial charge is 0.169 e. The van der Waals surface area contributed by atoms with Crippen LogP contribution < -0.4 is 0 Å². The Morgan fingerprint density at radius 3 is 2.83 bits per heavy atom. The van der Waals surface area contributed by atoms with Crippen molar-refractivity contribution in [1.29, 1.82) is 0 Å². The minimum absolute atomic E-state index is 0.220. The zero-order valence-corrected chi connectivity index (χ0v) is 11.7. The molecule has 3 unspecified atom stereocenters. The summed E-state index contributed by atoms with van der Waals surface area (Å²) in [6, 6.07) is 0.